The number of nitrogens with one attached hydrogen (secondary N) is 1. The Labute approximate surface area is 167 Å². The number of nitrogens with zero attached hydrogens (tertiary/aromatic N) is 1. The summed E-state index contributed by atoms with van der Waals surface area (Å²) in [5.74, 6) is -0.0174. The number of rotatable bonds is 5. The van der Waals surface area contributed by atoms with Gasteiger partial charge in [-0.05, 0) is 47.7 Å². The SMILES string of the molecule is CCOc1ccc(/C=C2/NC(=O)N(Cc3ccc(F)cc3)C2=O)c2ccccc12. The van der Waals surface area contributed by atoms with Gasteiger partial charge in [-0.15, -0.1) is 0 Å². The van der Waals surface area contributed by atoms with Crippen LogP contribution in [0, 0.1) is 5.82 Å². The number of hydrogen-bond acceptors (Lipinski definition) is 3. The molecule has 0 spiro atoms. The standard InChI is InChI=1S/C23H19FN2O3/c1-2-29-21-12-9-16(18-5-3-4-6-19(18)21)13-20-22(27)26(23(28)25-20)14-15-7-10-17(24)11-8-15/h3-13H,2,14H2,1H3,(H,25,28)/b20-13+. The molecule has 3 aromatic rings. The molecule has 0 atom stereocenters. The smallest absolute Gasteiger partial charge is 0.329 e. The lowest BCUT2D eigenvalue weighted by molar-refractivity contribution is -0.123. The van der Waals surface area contributed by atoms with Crippen LogP contribution in [0.25, 0.3) is 16.8 Å². The topological polar surface area (TPSA) is 58.6 Å². The Morgan fingerprint density at radius 3 is 2.45 bits per heavy atom. The molecule has 0 aromatic heterocycles. The average molecular weight is 390 g/mol. The lowest BCUT2D eigenvalue weighted by Crippen LogP contribution is -2.30. The predicted molar refractivity (Wildman–Crippen MR) is 109 cm³/mol. The van der Waals surface area contributed by atoms with E-state index >= 15 is 0 Å². The van der Waals surface area contributed by atoms with Gasteiger partial charge in [-0.1, -0.05) is 42.5 Å². The molecule has 0 unspecified atom stereocenters. The van der Waals surface area contributed by atoms with Crippen molar-refractivity contribution < 1.29 is 18.7 Å². The third-order valence-electron chi connectivity index (χ3n) is 4.73. The largest absolute Gasteiger partial charge is 0.493 e. The van der Waals surface area contributed by atoms with Crippen LogP contribution in [-0.2, 0) is 11.3 Å². The molecular weight excluding hydrogens is 371 g/mol. The molecule has 3 amide bonds. The van der Waals surface area contributed by atoms with Crippen molar-refractivity contribution in [3.63, 3.8) is 0 Å². The number of imide groups is 1. The van der Waals surface area contributed by atoms with E-state index in [2.05, 4.69) is 5.32 Å². The summed E-state index contributed by atoms with van der Waals surface area (Å²) >= 11 is 0. The number of carbonyl (C=O) groups is 2. The van der Waals surface area contributed by atoms with E-state index in [4.69, 9.17) is 4.74 Å². The van der Waals surface area contributed by atoms with Crippen LogP contribution in [0.3, 0.4) is 0 Å². The van der Waals surface area contributed by atoms with Crippen molar-refractivity contribution in [3.8, 4) is 5.75 Å². The number of urea groups is 1. The first-order valence-electron chi connectivity index (χ1n) is 9.30. The molecule has 0 saturated carbocycles. The minimum absolute atomic E-state index is 0.0757. The summed E-state index contributed by atoms with van der Waals surface area (Å²) in [5.41, 5.74) is 1.67. The zero-order valence-electron chi connectivity index (χ0n) is 15.8. The van der Waals surface area contributed by atoms with Gasteiger partial charge in [-0.2, -0.15) is 0 Å². The van der Waals surface area contributed by atoms with Crippen molar-refractivity contribution in [1.29, 1.82) is 0 Å². The molecule has 146 valence electrons. The third kappa shape index (κ3) is 3.69. The first-order chi connectivity index (χ1) is 14.1. The second-order valence-corrected chi connectivity index (χ2v) is 6.64. The number of hydrogen-bond donors (Lipinski definition) is 1. The van der Waals surface area contributed by atoms with Gasteiger partial charge >= 0.3 is 6.03 Å². The van der Waals surface area contributed by atoms with Gasteiger partial charge in [-0.3, -0.25) is 9.69 Å². The van der Waals surface area contributed by atoms with Gasteiger partial charge < -0.3 is 10.1 Å². The Hall–Kier alpha value is -3.67. The number of benzene rings is 3. The number of carbonyl (C=O) groups excluding carboxylic acids is 2. The second kappa shape index (κ2) is 7.75. The Bertz CT molecular complexity index is 1120. The summed E-state index contributed by atoms with van der Waals surface area (Å²) in [5, 5.41) is 4.49. The van der Waals surface area contributed by atoms with Crippen LogP contribution >= 0.6 is 0 Å². The highest BCUT2D eigenvalue weighted by atomic mass is 19.1. The zero-order valence-corrected chi connectivity index (χ0v) is 15.8. The van der Waals surface area contributed by atoms with Crippen molar-refractivity contribution in [3.05, 3.63) is 83.3 Å². The van der Waals surface area contributed by atoms with Crippen LogP contribution in [-0.4, -0.2) is 23.4 Å². The summed E-state index contributed by atoms with van der Waals surface area (Å²) in [4.78, 5) is 26.2. The third-order valence-corrected chi connectivity index (χ3v) is 4.73. The van der Waals surface area contributed by atoms with Crippen LogP contribution in [0.1, 0.15) is 18.1 Å². The lowest BCUT2D eigenvalue weighted by atomic mass is 10.0. The Kier molecular flexibility index (Phi) is 4.99. The number of amides is 3. The van der Waals surface area contributed by atoms with E-state index in [9.17, 15) is 14.0 Å². The van der Waals surface area contributed by atoms with E-state index in [1.807, 2.05) is 43.3 Å². The normalized spacial score (nSPS) is 15.2. The predicted octanol–water partition coefficient (Wildman–Crippen LogP) is 4.47. The Morgan fingerprint density at radius 2 is 1.72 bits per heavy atom. The van der Waals surface area contributed by atoms with Gasteiger partial charge in [0.1, 0.15) is 17.3 Å². The van der Waals surface area contributed by atoms with E-state index in [0.29, 0.717) is 12.2 Å². The van der Waals surface area contributed by atoms with Crippen LogP contribution in [0.15, 0.2) is 66.4 Å². The van der Waals surface area contributed by atoms with Crippen molar-refractivity contribution in [2.75, 3.05) is 6.61 Å². The second-order valence-electron chi connectivity index (χ2n) is 6.64. The molecule has 0 radical (unpaired) electrons. The number of halogens is 1. The minimum atomic E-state index is -0.499. The molecule has 1 N–H and O–H groups in total. The van der Waals surface area contributed by atoms with E-state index in [-0.39, 0.29) is 18.1 Å². The lowest BCUT2D eigenvalue weighted by Gasteiger charge is -2.12. The maximum atomic E-state index is 13.1. The summed E-state index contributed by atoms with van der Waals surface area (Å²) < 4.78 is 18.8. The van der Waals surface area contributed by atoms with Gasteiger partial charge in [0.25, 0.3) is 5.91 Å². The molecule has 1 saturated heterocycles. The highest BCUT2D eigenvalue weighted by Gasteiger charge is 2.33. The van der Waals surface area contributed by atoms with Crippen molar-refractivity contribution in [1.82, 2.24) is 10.2 Å². The average Bonchev–Trinajstić information content (AvgIpc) is 2.99. The fourth-order valence-corrected chi connectivity index (χ4v) is 3.35. The molecule has 6 heteroatoms. The quantitative estimate of drug-likeness (QED) is 0.517. The fraction of sp³-hybridized carbons (Fsp3) is 0.130. The number of ether oxygens (including phenoxy) is 1. The van der Waals surface area contributed by atoms with Crippen LogP contribution in [0.4, 0.5) is 9.18 Å². The van der Waals surface area contributed by atoms with E-state index in [1.54, 1.807) is 18.2 Å². The summed E-state index contributed by atoms with van der Waals surface area (Å²) in [6.45, 7) is 2.55. The molecular formula is C23H19FN2O3. The summed E-state index contributed by atoms with van der Waals surface area (Å²) in [6, 6.07) is 16.7. The molecule has 0 bridgehead atoms. The molecule has 0 aliphatic carbocycles. The Balaban J connectivity index is 1.65. The van der Waals surface area contributed by atoms with E-state index < -0.39 is 11.9 Å². The van der Waals surface area contributed by atoms with Crippen LogP contribution < -0.4 is 10.1 Å². The molecule has 29 heavy (non-hydrogen) atoms. The molecule has 3 aromatic carbocycles. The van der Waals surface area contributed by atoms with Gasteiger partial charge in [-0.25, -0.2) is 9.18 Å². The van der Waals surface area contributed by atoms with Crippen LogP contribution in [0.2, 0.25) is 0 Å². The van der Waals surface area contributed by atoms with E-state index in [1.165, 1.54) is 12.1 Å². The van der Waals surface area contributed by atoms with Gasteiger partial charge in [0.15, 0.2) is 0 Å². The fourth-order valence-electron chi connectivity index (χ4n) is 3.35. The van der Waals surface area contributed by atoms with Crippen LogP contribution in [0.5, 0.6) is 5.75 Å². The Morgan fingerprint density at radius 1 is 1.00 bits per heavy atom. The maximum Gasteiger partial charge on any atom is 0.329 e. The molecule has 5 nitrogen and oxygen atoms in total. The first-order valence-corrected chi connectivity index (χ1v) is 9.30. The molecule has 1 fully saturated rings. The van der Waals surface area contributed by atoms with Gasteiger partial charge in [0.05, 0.1) is 13.2 Å². The number of fused-ring (bicyclic) bond motifs is 1. The van der Waals surface area contributed by atoms with Gasteiger partial charge in [0.2, 0.25) is 0 Å². The van der Waals surface area contributed by atoms with Crippen molar-refractivity contribution in [2.45, 2.75) is 13.5 Å². The molecule has 1 aliphatic heterocycles. The molecule has 1 heterocycles. The first kappa shape index (κ1) is 18.7. The zero-order chi connectivity index (χ0) is 20.4. The highest BCUT2D eigenvalue weighted by Crippen LogP contribution is 2.30. The highest BCUT2D eigenvalue weighted by molar-refractivity contribution is 6.14. The monoisotopic (exact) mass is 390 g/mol. The summed E-state index contributed by atoms with van der Waals surface area (Å²) in [6.07, 6.45) is 1.67. The van der Waals surface area contributed by atoms with Gasteiger partial charge in [0, 0.05) is 5.39 Å². The maximum absolute atomic E-state index is 13.1. The van der Waals surface area contributed by atoms with E-state index in [0.717, 1.165) is 27.0 Å². The van der Waals surface area contributed by atoms with Crippen molar-refractivity contribution >= 4 is 28.8 Å². The molecule has 1 aliphatic rings. The summed E-state index contributed by atoms with van der Waals surface area (Å²) in [7, 11) is 0. The minimum Gasteiger partial charge on any atom is -0.493 e. The van der Waals surface area contributed by atoms with Crippen molar-refractivity contribution in [2.24, 2.45) is 0 Å². The molecule has 4 rings (SSSR count).